The lowest BCUT2D eigenvalue weighted by atomic mass is 10.2. The van der Waals surface area contributed by atoms with Crippen molar-refractivity contribution in [3.8, 4) is 28.6 Å². The van der Waals surface area contributed by atoms with E-state index in [1.165, 1.54) is 59.4 Å². The predicted octanol–water partition coefficient (Wildman–Crippen LogP) is 4.45. The summed E-state index contributed by atoms with van der Waals surface area (Å²) in [6, 6.07) is 13.0. The number of rotatable bonds is 7. The summed E-state index contributed by atoms with van der Waals surface area (Å²) in [5.74, 6) is -1.53. The number of halogens is 2. The summed E-state index contributed by atoms with van der Waals surface area (Å²) in [4.78, 5) is 31.9. The highest BCUT2D eigenvalue weighted by atomic mass is 19.1. The summed E-state index contributed by atoms with van der Waals surface area (Å²) in [6.45, 7) is 0. The van der Waals surface area contributed by atoms with E-state index in [1.54, 1.807) is 6.07 Å². The lowest BCUT2D eigenvalue weighted by molar-refractivity contribution is -0.117. The van der Waals surface area contributed by atoms with Gasteiger partial charge in [0.25, 0.3) is 5.91 Å². The minimum absolute atomic E-state index is 0.0124. The maximum absolute atomic E-state index is 15.0. The van der Waals surface area contributed by atoms with Crippen LogP contribution in [0.1, 0.15) is 23.3 Å². The Morgan fingerprint density at radius 1 is 1.06 bits per heavy atom. The number of anilines is 1. The first kappa shape index (κ1) is 22.2. The third-order valence-corrected chi connectivity index (χ3v) is 5.42. The molecule has 2 heterocycles. The number of benzene rings is 2. The van der Waals surface area contributed by atoms with E-state index in [-0.39, 0.29) is 46.1 Å². The van der Waals surface area contributed by atoms with Crippen LogP contribution in [-0.4, -0.2) is 26.3 Å². The fraction of sp³-hybridized carbons (Fsp3) is 0.120. The van der Waals surface area contributed by atoms with Crippen LogP contribution in [0.3, 0.4) is 0 Å². The quantitative estimate of drug-likeness (QED) is 0.410. The predicted molar refractivity (Wildman–Crippen MR) is 123 cm³/mol. The number of imidazole rings is 1. The van der Waals surface area contributed by atoms with E-state index in [0.29, 0.717) is 5.82 Å². The van der Waals surface area contributed by atoms with Crippen molar-refractivity contribution in [1.29, 1.82) is 0 Å². The summed E-state index contributed by atoms with van der Waals surface area (Å²) in [5, 5.41) is 2.71. The Kier molecular flexibility index (Phi) is 5.69. The summed E-state index contributed by atoms with van der Waals surface area (Å²) >= 11 is 0. The maximum Gasteiger partial charge on any atom is 0.268 e. The second-order valence-corrected chi connectivity index (χ2v) is 8.02. The molecule has 10 heteroatoms. The number of hydrogen-bond acceptors (Lipinski definition) is 5. The van der Waals surface area contributed by atoms with E-state index in [0.717, 1.165) is 18.9 Å². The molecule has 1 aliphatic rings. The van der Waals surface area contributed by atoms with Crippen LogP contribution in [0.5, 0.6) is 11.5 Å². The SMILES string of the molecule is NC(=O)c1cn(-c2ccccc2F)c(-c2ccc(Oc3ccnc(NC(=O)C4CC4)c3)c(F)c2)n1. The molecular formula is C25H19F2N5O3. The van der Waals surface area contributed by atoms with E-state index in [1.807, 2.05) is 0 Å². The standard InChI is InChI=1S/C25H19F2N5O3/c26-17-3-1-2-4-20(17)32-13-19(23(28)33)30-24(32)15-7-8-21(18(27)11-15)35-16-9-10-29-22(12-16)31-25(34)14-5-6-14/h1-4,7-14H,5-6H2,(H2,28,33)(H,29,31,34). The fourth-order valence-corrected chi connectivity index (χ4v) is 3.50. The molecule has 4 aromatic rings. The minimum atomic E-state index is -0.802. The third kappa shape index (κ3) is 4.72. The Morgan fingerprint density at radius 2 is 1.86 bits per heavy atom. The van der Waals surface area contributed by atoms with Gasteiger partial charge in [0, 0.05) is 29.9 Å². The molecule has 35 heavy (non-hydrogen) atoms. The largest absolute Gasteiger partial charge is 0.454 e. The van der Waals surface area contributed by atoms with Crippen LogP contribution < -0.4 is 15.8 Å². The zero-order chi connectivity index (χ0) is 24.5. The maximum atomic E-state index is 15.0. The van der Waals surface area contributed by atoms with Crippen LogP contribution in [0.2, 0.25) is 0 Å². The van der Waals surface area contributed by atoms with Gasteiger partial charge in [-0.1, -0.05) is 12.1 Å². The van der Waals surface area contributed by atoms with Crippen LogP contribution in [0, 0.1) is 17.6 Å². The molecule has 1 aliphatic carbocycles. The van der Waals surface area contributed by atoms with Crippen LogP contribution in [-0.2, 0) is 4.79 Å². The monoisotopic (exact) mass is 475 g/mol. The number of primary amides is 1. The molecule has 0 saturated heterocycles. The van der Waals surface area contributed by atoms with Crippen LogP contribution in [0.15, 0.2) is 67.0 Å². The molecule has 2 amide bonds. The molecule has 0 radical (unpaired) electrons. The van der Waals surface area contributed by atoms with Crippen molar-refractivity contribution in [2.75, 3.05) is 5.32 Å². The molecule has 0 bridgehead atoms. The molecule has 2 aromatic carbocycles. The molecule has 0 unspecified atom stereocenters. The van der Waals surface area contributed by atoms with E-state index in [2.05, 4.69) is 15.3 Å². The van der Waals surface area contributed by atoms with Gasteiger partial charge in [-0.15, -0.1) is 0 Å². The number of pyridine rings is 1. The van der Waals surface area contributed by atoms with Gasteiger partial charge in [-0.25, -0.2) is 18.7 Å². The summed E-state index contributed by atoms with van der Waals surface area (Å²) in [7, 11) is 0. The van der Waals surface area contributed by atoms with Crippen molar-refractivity contribution < 1.29 is 23.1 Å². The average molecular weight is 475 g/mol. The number of amides is 2. The van der Waals surface area contributed by atoms with Crippen LogP contribution in [0.4, 0.5) is 14.6 Å². The van der Waals surface area contributed by atoms with Crippen molar-refractivity contribution in [3.63, 3.8) is 0 Å². The van der Waals surface area contributed by atoms with Gasteiger partial charge in [-0.2, -0.15) is 0 Å². The Labute approximate surface area is 198 Å². The summed E-state index contributed by atoms with van der Waals surface area (Å²) in [5.41, 5.74) is 5.66. The first-order chi connectivity index (χ1) is 16.9. The van der Waals surface area contributed by atoms with Gasteiger partial charge in [-0.05, 0) is 49.2 Å². The molecule has 1 saturated carbocycles. The lowest BCUT2D eigenvalue weighted by Crippen LogP contribution is -2.14. The Bertz CT molecular complexity index is 1450. The van der Waals surface area contributed by atoms with E-state index in [9.17, 15) is 14.0 Å². The van der Waals surface area contributed by atoms with Crippen molar-refractivity contribution in [2.24, 2.45) is 11.7 Å². The van der Waals surface area contributed by atoms with E-state index < -0.39 is 17.5 Å². The molecule has 0 atom stereocenters. The molecule has 0 spiro atoms. The smallest absolute Gasteiger partial charge is 0.268 e. The number of para-hydroxylation sites is 1. The van der Waals surface area contributed by atoms with Crippen molar-refractivity contribution >= 4 is 17.6 Å². The highest BCUT2D eigenvalue weighted by molar-refractivity contribution is 5.93. The van der Waals surface area contributed by atoms with Gasteiger partial charge in [-0.3, -0.25) is 14.2 Å². The summed E-state index contributed by atoms with van der Waals surface area (Å²) in [6.07, 6.45) is 4.46. The number of carbonyl (C=O) groups excluding carboxylic acids is 2. The number of nitrogens with two attached hydrogens (primary N) is 1. The normalized spacial score (nSPS) is 12.9. The Morgan fingerprint density at radius 3 is 2.57 bits per heavy atom. The fourth-order valence-electron chi connectivity index (χ4n) is 3.50. The van der Waals surface area contributed by atoms with Gasteiger partial charge in [0.15, 0.2) is 11.6 Å². The molecule has 8 nitrogen and oxygen atoms in total. The molecular weight excluding hydrogens is 456 g/mol. The Balaban J connectivity index is 1.44. The molecule has 176 valence electrons. The van der Waals surface area contributed by atoms with Crippen molar-refractivity contribution in [2.45, 2.75) is 12.8 Å². The first-order valence-electron chi connectivity index (χ1n) is 10.8. The number of ether oxygens (including phenoxy) is 1. The molecule has 2 aromatic heterocycles. The molecule has 1 fully saturated rings. The van der Waals surface area contributed by atoms with Crippen molar-refractivity contribution in [1.82, 2.24) is 14.5 Å². The number of hydrogen-bond donors (Lipinski definition) is 2. The van der Waals surface area contributed by atoms with Gasteiger partial charge < -0.3 is 15.8 Å². The first-order valence-corrected chi connectivity index (χ1v) is 10.8. The molecule has 3 N–H and O–H groups in total. The highest BCUT2D eigenvalue weighted by Gasteiger charge is 2.29. The van der Waals surface area contributed by atoms with Gasteiger partial charge in [0.1, 0.15) is 28.9 Å². The summed E-state index contributed by atoms with van der Waals surface area (Å²) < 4.78 is 36.4. The highest BCUT2D eigenvalue weighted by Crippen LogP contribution is 2.32. The number of aromatic nitrogens is 3. The van der Waals surface area contributed by atoms with Gasteiger partial charge in [0.2, 0.25) is 5.91 Å². The van der Waals surface area contributed by atoms with E-state index >= 15 is 4.39 Å². The molecule has 0 aliphatic heterocycles. The second kappa shape index (κ2) is 8.98. The topological polar surface area (TPSA) is 112 Å². The molecule has 5 rings (SSSR count). The zero-order valence-corrected chi connectivity index (χ0v) is 18.2. The van der Waals surface area contributed by atoms with E-state index in [4.69, 9.17) is 10.5 Å². The Hall–Kier alpha value is -4.60. The minimum Gasteiger partial charge on any atom is -0.454 e. The zero-order valence-electron chi connectivity index (χ0n) is 18.2. The number of nitrogens with zero attached hydrogens (tertiary/aromatic N) is 3. The van der Waals surface area contributed by atoms with Crippen LogP contribution >= 0.6 is 0 Å². The van der Waals surface area contributed by atoms with Crippen molar-refractivity contribution in [3.05, 3.63) is 84.3 Å². The third-order valence-electron chi connectivity index (χ3n) is 5.42. The van der Waals surface area contributed by atoms with Crippen LogP contribution in [0.25, 0.3) is 17.1 Å². The lowest BCUT2D eigenvalue weighted by Gasteiger charge is -2.11. The van der Waals surface area contributed by atoms with Gasteiger partial charge >= 0.3 is 0 Å². The van der Waals surface area contributed by atoms with Gasteiger partial charge in [0.05, 0.1) is 5.69 Å². The average Bonchev–Trinajstić information content (AvgIpc) is 3.60. The number of nitrogens with one attached hydrogen (secondary N) is 1. The second-order valence-electron chi connectivity index (χ2n) is 8.02. The number of carbonyl (C=O) groups is 2.